The van der Waals surface area contributed by atoms with E-state index in [1.807, 2.05) is 22.9 Å². The molecule has 0 saturated heterocycles. The summed E-state index contributed by atoms with van der Waals surface area (Å²) in [6, 6.07) is 8.10. The quantitative estimate of drug-likeness (QED) is 0.761. The molecule has 0 fully saturated rings. The highest BCUT2D eigenvalue weighted by molar-refractivity contribution is 5.96. The van der Waals surface area contributed by atoms with E-state index >= 15 is 0 Å². The molecule has 24 heavy (non-hydrogen) atoms. The molecule has 6 heteroatoms. The molecule has 2 aromatic heterocycles. The highest BCUT2D eigenvalue weighted by atomic mass is 16.1. The number of aromatic amines is 1. The van der Waals surface area contributed by atoms with Gasteiger partial charge in [0, 0.05) is 24.2 Å². The molecule has 0 spiro atoms. The number of para-hydroxylation sites is 1. The molecule has 4 rings (SSSR count). The molecule has 3 aromatic rings. The van der Waals surface area contributed by atoms with E-state index in [9.17, 15) is 4.79 Å². The monoisotopic (exact) mass is 323 g/mol. The van der Waals surface area contributed by atoms with Gasteiger partial charge in [0.15, 0.2) is 5.82 Å². The van der Waals surface area contributed by atoms with Gasteiger partial charge in [-0.2, -0.15) is 5.10 Å². The van der Waals surface area contributed by atoms with Gasteiger partial charge >= 0.3 is 0 Å². The van der Waals surface area contributed by atoms with Gasteiger partial charge in [0.25, 0.3) is 5.91 Å². The van der Waals surface area contributed by atoms with Crippen LogP contribution in [0, 0.1) is 5.41 Å². The normalized spacial score (nSPS) is 16.7. The largest absolute Gasteiger partial charge is 0.350 e. The summed E-state index contributed by atoms with van der Waals surface area (Å²) in [5.74, 6) is 0.550. The van der Waals surface area contributed by atoms with Crippen molar-refractivity contribution in [1.82, 2.24) is 25.1 Å². The predicted molar refractivity (Wildman–Crippen MR) is 92.8 cm³/mol. The Bertz CT molecular complexity index is 934. The summed E-state index contributed by atoms with van der Waals surface area (Å²) in [6.07, 6.45) is 0.778. The first kappa shape index (κ1) is 14.9. The van der Waals surface area contributed by atoms with Crippen molar-refractivity contribution in [1.29, 1.82) is 0 Å². The predicted octanol–water partition coefficient (Wildman–Crippen LogP) is 2.76. The third-order valence-corrected chi connectivity index (χ3v) is 4.56. The van der Waals surface area contributed by atoms with Crippen molar-refractivity contribution in [2.45, 2.75) is 33.7 Å². The molecule has 0 aliphatic carbocycles. The van der Waals surface area contributed by atoms with E-state index in [2.05, 4.69) is 42.1 Å². The molecule has 0 radical (unpaired) electrons. The minimum absolute atomic E-state index is 0.00440. The maximum absolute atomic E-state index is 12.3. The van der Waals surface area contributed by atoms with Gasteiger partial charge in [0.1, 0.15) is 11.4 Å². The molecule has 1 aromatic carbocycles. The number of benzene rings is 1. The van der Waals surface area contributed by atoms with Crippen LogP contribution in [0.2, 0.25) is 0 Å². The molecule has 1 aliphatic rings. The third kappa shape index (κ3) is 2.29. The zero-order valence-electron chi connectivity index (χ0n) is 14.2. The lowest BCUT2D eigenvalue weighted by Gasteiger charge is -2.21. The molecular formula is C18H21N5O. The van der Waals surface area contributed by atoms with Crippen molar-refractivity contribution in [3.05, 3.63) is 35.7 Å². The van der Waals surface area contributed by atoms with Gasteiger partial charge in [-0.15, -0.1) is 0 Å². The summed E-state index contributed by atoms with van der Waals surface area (Å²) in [6.45, 7) is 7.79. The van der Waals surface area contributed by atoms with Crippen LogP contribution in [-0.2, 0) is 13.0 Å². The summed E-state index contributed by atoms with van der Waals surface area (Å²) in [7, 11) is 0. The zero-order valence-corrected chi connectivity index (χ0v) is 14.2. The maximum Gasteiger partial charge on any atom is 0.271 e. The van der Waals surface area contributed by atoms with E-state index in [0.29, 0.717) is 18.1 Å². The second-order valence-electron chi connectivity index (χ2n) is 7.12. The highest BCUT2D eigenvalue weighted by Gasteiger charge is 2.30. The number of carbonyl (C=O) groups is 1. The Balaban J connectivity index is 1.88. The number of rotatable bonds is 2. The second kappa shape index (κ2) is 5.19. The fraction of sp³-hybridized carbons (Fsp3) is 0.389. The molecule has 0 bridgehead atoms. The third-order valence-electron chi connectivity index (χ3n) is 4.56. The number of nitrogens with one attached hydrogen (secondary N) is 2. The van der Waals surface area contributed by atoms with E-state index in [1.54, 1.807) is 0 Å². The lowest BCUT2D eigenvalue weighted by molar-refractivity contribution is 0.0940. The smallest absolute Gasteiger partial charge is 0.271 e. The summed E-state index contributed by atoms with van der Waals surface area (Å²) >= 11 is 0. The van der Waals surface area contributed by atoms with Crippen LogP contribution in [0.4, 0.5) is 0 Å². The highest BCUT2D eigenvalue weighted by Crippen LogP contribution is 2.30. The van der Waals surface area contributed by atoms with Gasteiger partial charge in [0.2, 0.25) is 0 Å². The van der Waals surface area contributed by atoms with Gasteiger partial charge in [-0.25, -0.2) is 4.98 Å². The van der Waals surface area contributed by atoms with Crippen molar-refractivity contribution in [2.24, 2.45) is 5.41 Å². The molecule has 6 nitrogen and oxygen atoms in total. The number of hydrogen-bond acceptors (Lipinski definition) is 3. The number of amides is 1. The summed E-state index contributed by atoms with van der Waals surface area (Å²) in [5, 5.41) is 8.70. The second-order valence-corrected chi connectivity index (χ2v) is 7.12. The minimum atomic E-state index is -0.114. The Labute approximate surface area is 140 Å². The van der Waals surface area contributed by atoms with Gasteiger partial charge in [-0.1, -0.05) is 32.0 Å². The van der Waals surface area contributed by atoms with Gasteiger partial charge in [-0.3, -0.25) is 9.48 Å². The lowest BCUT2D eigenvalue weighted by Crippen LogP contribution is -2.32. The van der Waals surface area contributed by atoms with Crippen LogP contribution in [-0.4, -0.2) is 32.2 Å². The van der Waals surface area contributed by atoms with Crippen LogP contribution < -0.4 is 5.32 Å². The molecule has 0 saturated carbocycles. The van der Waals surface area contributed by atoms with E-state index in [0.717, 1.165) is 35.3 Å². The van der Waals surface area contributed by atoms with Crippen LogP contribution in [0.5, 0.6) is 0 Å². The average molecular weight is 323 g/mol. The van der Waals surface area contributed by atoms with Crippen LogP contribution >= 0.6 is 0 Å². The average Bonchev–Trinajstić information content (AvgIpc) is 3.11. The Hall–Kier alpha value is -2.63. The Morgan fingerprint density at radius 1 is 1.25 bits per heavy atom. The van der Waals surface area contributed by atoms with Gasteiger partial charge in [0.05, 0.1) is 5.52 Å². The topological polar surface area (TPSA) is 75.6 Å². The first-order chi connectivity index (χ1) is 11.5. The van der Waals surface area contributed by atoms with Gasteiger partial charge in [-0.05, 0) is 24.8 Å². The van der Waals surface area contributed by atoms with E-state index in [-0.39, 0.29) is 11.3 Å². The molecule has 2 N–H and O–H groups in total. The van der Waals surface area contributed by atoms with Crippen molar-refractivity contribution in [2.75, 3.05) is 6.54 Å². The summed E-state index contributed by atoms with van der Waals surface area (Å²) < 4.78 is 1.96. The van der Waals surface area contributed by atoms with Crippen LogP contribution in [0.25, 0.3) is 22.4 Å². The van der Waals surface area contributed by atoms with Crippen molar-refractivity contribution in [3.63, 3.8) is 0 Å². The Kier molecular flexibility index (Phi) is 3.23. The van der Waals surface area contributed by atoms with Crippen LogP contribution in [0.3, 0.4) is 0 Å². The van der Waals surface area contributed by atoms with Crippen molar-refractivity contribution < 1.29 is 4.79 Å². The van der Waals surface area contributed by atoms with Gasteiger partial charge < -0.3 is 10.3 Å². The Morgan fingerprint density at radius 2 is 2.04 bits per heavy atom. The molecule has 0 atom stereocenters. The maximum atomic E-state index is 12.3. The van der Waals surface area contributed by atoms with Crippen LogP contribution in [0.1, 0.15) is 37.0 Å². The number of fused-ring (bicyclic) bond motifs is 2. The van der Waals surface area contributed by atoms with Crippen LogP contribution in [0.15, 0.2) is 24.3 Å². The zero-order chi connectivity index (χ0) is 16.9. The number of hydrogen-bond donors (Lipinski definition) is 2. The molecule has 0 unspecified atom stereocenters. The molecule has 1 aliphatic heterocycles. The SMILES string of the molecule is CCn1nc(-c2nc3c([nH]2)CC(C)(C)CNC3=O)c2ccccc21. The first-order valence-corrected chi connectivity index (χ1v) is 8.31. The van der Waals surface area contributed by atoms with E-state index in [4.69, 9.17) is 5.10 Å². The Morgan fingerprint density at radius 3 is 2.83 bits per heavy atom. The fourth-order valence-electron chi connectivity index (χ4n) is 3.32. The number of aromatic nitrogens is 4. The fourth-order valence-corrected chi connectivity index (χ4v) is 3.32. The van der Waals surface area contributed by atoms with Crippen molar-refractivity contribution >= 4 is 16.8 Å². The lowest BCUT2D eigenvalue weighted by atomic mass is 9.88. The number of carbonyl (C=O) groups excluding carboxylic acids is 1. The summed E-state index contributed by atoms with van der Waals surface area (Å²) in [5.41, 5.74) is 3.25. The molecule has 3 heterocycles. The first-order valence-electron chi connectivity index (χ1n) is 8.31. The number of aryl methyl sites for hydroxylation is 1. The molecule has 1 amide bonds. The number of H-pyrrole nitrogens is 1. The minimum Gasteiger partial charge on any atom is -0.350 e. The number of nitrogens with zero attached hydrogens (tertiary/aromatic N) is 3. The number of imidazole rings is 1. The van der Waals surface area contributed by atoms with E-state index in [1.165, 1.54) is 0 Å². The summed E-state index contributed by atoms with van der Waals surface area (Å²) in [4.78, 5) is 20.3. The molecule has 124 valence electrons. The van der Waals surface area contributed by atoms with Crippen molar-refractivity contribution in [3.8, 4) is 11.5 Å². The van der Waals surface area contributed by atoms with E-state index < -0.39 is 0 Å². The standard InChI is InChI=1S/C18H21N5O/c1-4-23-13-8-6-5-7-11(13)14(22-23)16-20-12-9-18(2,3)10-19-17(24)15(12)21-16/h5-8H,4,9-10H2,1-3H3,(H,19,24)(H,20,21). The molecular weight excluding hydrogens is 302 g/mol.